The average molecular weight is 254 g/mol. The van der Waals surface area contributed by atoms with Crippen LogP contribution in [0.4, 0.5) is 0 Å². The molecule has 1 aromatic rings. The van der Waals surface area contributed by atoms with Gasteiger partial charge in [0.05, 0.1) is 5.69 Å². The molecule has 0 amide bonds. The van der Waals surface area contributed by atoms with E-state index in [0.29, 0.717) is 6.42 Å². The van der Waals surface area contributed by atoms with Crippen molar-refractivity contribution in [2.45, 2.75) is 52.6 Å². The maximum Gasteiger partial charge on any atom is 0.140 e. The van der Waals surface area contributed by atoms with Crippen LogP contribution in [0.3, 0.4) is 0 Å². The van der Waals surface area contributed by atoms with Crippen LogP contribution in [0.5, 0.6) is 0 Å². The maximum absolute atomic E-state index is 8.60. The van der Waals surface area contributed by atoms with Gasteiger partial charge in [-0.25, -0.2) is 0 Å². The van der Waals surface area contributed by atoms with Crippen molar-refractivity contribution in [2.75, 3.05) is 0 Å². The number of aromatic nitrogens is 1. The minimum Gasteiger partial charge on any atom is -0.409 e. The van der Waals surface area contributed by atoms with Gasteiger partial charge in [0.1, 0.15) is 11.6 Å². The number of amidine groups is 1. The van der Waals surface area contributed by atoms with E-state index in [2.05, 4.69) is 29.5 Å². The molecule has 2 unspecified atom stereocenters. The van der Waals surface area contributed by atoms with Gasteiger partial charge in [0, 0.05) is 24.1 Å². The molecule has 18 heavy (non-hydrogen) atoms. The van der Waals surface area contributed by atoms with Crippen LogP contribution in [0.2, 0.25) is 0 Å². The summed E-state index contributed by atoms with van der Waals surface area (Å²) in [5.41, 5.74) is 7.50. The lowest BCUT2D eigenvalue weighted by molar-refractivity contribution is 0.314. The highest BCUT2D eigenvalue weighted by molar-refractivity contribution is 5.80. The first-order valence-corrected chi connectivity index (χ1v) is 6.14. The fraction of sp³-hybridized carbons (Fsp3) is 0.667. The SMILES string of the molecule is CCC(CC(N)=NO)NC(C)c1c(C)noc1C. The van der Waals surface area contributed by atoms with Gasteiger partial charge in [0.2, 0.25) is 0 Å². The minimum absolute atomic E-state index is 0.118. The number of aryl methyl sites for hydroxylation is 2. The van der Waals surface area contributed by atoms with Gasteiger partial charge in [-0.05, 0) is 27.2 Å². The molecule has 102 valence electrons. The van der Waals surface area contributed by atoms with Gasteiger partial charge in [-0.1, -0.05) is 17.2 Å². The first-order valence-electron chi connectivity index (χ1n) is 6.14. The Bertz CT molecular complexity index is 395. The highest BCUT2D eigenvalue weighted by Gasteiger charge is 2.19. The van der Waals surface area contributed by atoms with Crippen LogP contribution in [0.1, 0.15) is 49.7 Å². The molecule has 0 saturated carbocycles. The van der Waals surface area contributed by atoms with Crippen molar-refractivity contribution in [3.8, 4) is 0 Å². The number of hydrogen-bond acceptors (Lipinski definition) is 5. The second kappa shape index (κ2) is 6.39. The van der Waals surface area contributed by atoms with Crippen molar-refractivity contribution in [1.29, 1.82) is 0 Å². The molecule has 2 atom stereocenters. The van der Waals surface area contributed by atoms with E-state index in [1.807, 2.05) is 13.8 Å². The average Bonchev–Trinajstić information content (AvgIpc) is 2.67. The second-order valence-electron chi connectivity index (χ2n) is 4.53. The number of rotatable bonds is 6. The number of nitrogens with one attached hydrogen (secondary N) is 1. The van der Waals surface area contributed by atoms with E-state index in [4.69, 9.17) is 15.5 Å². The summed E-state index contributed by atoms with van der Waals surface area (Å²) in [6, 6.07) is 0.275. The Morgan fingerprint density at radius 2 is 2.22 bits per heavy atom. The summed E-state index contributed by atoms with van der Waals surface area (Å²) in [5, 5.41) is 19.0. The fourth-order valence-electron chi connectivity index (χ4n) is 2.16. The van der Waals surface area contributed by atoms with Gasteiger partial charge < -0.3 is 20.8 Å². The molecular formula is C12H22N4O2. The van der Waals surface area contributed by atoms with Gasteiger partial charge in [0.15, 0.2) is 0 Å². The van der Waals surface area contributed by atoms with Gasteiger partial charge in [-0.2, -0.15) is 0 Å². The first kappa shape index (κ1) is 14.5. The predicted octanol–water partition coefficient (Wildman–Crippen LogP) is 1.86. The minimum atomic E-state index is 0.118. The van der Waals surface area contributed by atoms with Crippen LogP contribution < -0.4 is 11.1 Å². The molecular weight excluding hydrogens is 232 g/mol. The van der Waals surface area contributed by atoms with Crippen LogP contribution in [0.25, 0.3) is 0 Å². The Hall–Kier alpha value is -1.56. The molecule has 0 bridgehead atoms. The zero-order chi connectivity index (χ0) is 13.7. The van der Waals surface area contributed by atoms with Gasteiger partial charge in [-0.3, -0.25) is 0 Å². The summed E-state index contributed by atoms with van der Waals surface area (Å²) >= 11 is 0. The molecule has 0 aliphatic heterocycles. The van der Waals surface area contributed by atoms with E-state index >= 15 is 0 Å². The normalized spacial score (nSPS) is 15.7. The lowest BCUT2D eigenvalue weighted by Crippen LogP contribution is -2.35. The van der Waals surface area contributed by atoms with E-state index in [1.54, 1.807) is 0 Å². The summed E-state index contributed by atoms with van der Waals surface area (Å²) in [7, 11) is 0. The molecule has 0 spiro atoms. The lowest BCUT2D eigenvalue weighted by atomic mass is 10.0. The van der Waals surface area contributed by atoms with Crippen LogP contribution in [-0.4, -0.2) is 22.2 Å². The monoisotopic (exact) mass is 254 g/mol. The summed E-state index contributed by atoms with van der Waals surface area (Å²) in [5.74, 6) is 1.06. The summed E-state index contributed by atoms with van der Waals surface area (Å²) in [4.78, 5) is 0. The van der Waals surface area contributed by atoms with E-state index in [-0.39, 0.29) is 17.9 Å². The van der Waals surface area contributed by atoms with E-state index in [0.717, 1.165) is 23.4 Å². The van der Waals surface area contributed by atoms with E-state index < -0.39 is 0 Å². The molecule has 6 nitrogen and oxygen atoms in total. The van der Waals surface area contributed by atoms with E-state index in [1.165, 1.54) is 0 Å². The Labute approximate surface area is 107 Å². The van der Waals surface area contributed by atoms with Crippen molar-refractivity contribution >= 4 is 5.84 Å². The zero-order valence-corrected chi connectivity index (χ0v) is 11.4. The molecule has 1 aromatic heterocycles. The fourth-order valence-corrected chi connectivity index (χ4v) is 2.16. The predicted molar refractivity (Wildman–Crippen MR) is 69.6 cm³/mol. The van der Waals surface area contributed by atoms with Crippen LogP contribution in [0, 0.1) is 13.8 Å². The summed E-state index contributed by atoms with van der Waals surface area (Å²) < 4.78 is 5.16. The highest BCUT2D eigenvalue weighted by atomic mass is 16.5. The molecule has 1 rings (SSSR count). The van der Waals surface area contributed by atoms with Crippen molar-refractivity contribution in [2.24, 2.45) is 10.9 Å². The third kappa shape index (κ3) is 3.46. The van der Waals surface area contributed by atoms with Crippen LogP contribution >= 0.6 is 0 Å². The topological polar surface area (TPSA) is 96.7 Å². The molecule has 1 heterocycles. The standard InChI is InChI=1S/C12H22N4O2/c1-5-10(6-11(13)15-17)14-7(2)12-8(3)16-18-9(12)4/h7,10,14,17H,5-6H2,1-4H3,(H2,13,15). The van der Waals surface area contributed by atoms with Gasteiger partial charge >= 0.3 is 0 Å². The molecule has 0 fully saturated rings. The maximum atomic E-state index is 8.60. The van der Waals surface area contributed by atoms with E-state index in [9.17, 15) is 0 Å². The van der Waals surface area contributed by atoms with Gasteiger partial charge in [-0.15, -0.1) is 0 Å². The quantitative estimate of drug-likeness (QED) is 0.311. The molecule has 0 saturated heterocycles. The van der Waals surface area contributed by atoms with Gasteiger partial charge in [0.25, 0.3) is 0 Å². The molecule has 0 aliphatic rings. The molecule has 0 radical (unpaired) electrons. The second-order valence-corrected chi connectivity index (χ2v) is 4.53. The Balaban J connectivity index is 2.71. The molecule has 0 aromatic carbocycles. The zero-order valence-electron chi connectivity index (χ0n) is 11.4. The summed E-state index contributed by atoms with van der Waals surface area (Å²) in [6.07, 6.45) is 1.41. The highest BCUT2D eigenvalue weighted by Crippen LogP contribution is 2.22. The van der Waals surface area contributed by atoms with Crippen molar-refractivity contribution in [3.63, 3.8) is 0 Å². The molecule has 6 heteroatoms. The first-order chi connectivity index (χ1) is 8.49. The third-order valence-corrected chi connectivity index (χ3v) is 3.08. The smallest absolute Gasteiger partial charge is 0.140 e. The van der Waals surface area contributed by atoms with Crippen molar-refractivity contribution in [3.05, 3.63) is 17.0 Å². The lowest BCUT2D eigenvalue weighted by Gasteiger charge is -2.21. The van der Waals surface area contributed by atoms with Crippen LogP contribution in [0.15, 0.2) is 9.68 Å². The molecule has 0 aliphatic carbocycles. The molecule has 4 N–H and O–H groups in total. The summed E-state index contributed by atoms with van der Waals surface area (Å²) in [6.45, 7) is 7.94. The van der Waals surface area contributed by atoms with Crippen molar-refractivity contribution < 1.29 is 9.73 Å². The van der Waals surface area contributed by atoms with Crippen molar-refractivity contribution in [1.82, 2.24) is 10.5 Å². The number of oxime groups is 1. The number of nitrogens with two attached hydrogens (primary N) is 1. The van der Waals surface area contributed by atoms with Crippen LogP contribution in [-0.2, 0) is 0 Å². The number of hydrogen-bond donors (Lipinski definition) is 3. The third-order valence-electron chi connectivity index (χ3n) is 3.08. The Morgan fingerprint density at radius 1 is 1.56 bits per heavy atom. The largest absolute Gasteiger partial charge is 0.409 e. The Kier molecular flexibility index (Phi) is 5.15. The Morgan fingerprint density at radius 3 is 2.67 bits per heavy atom. The number of nitrogens with zero attached hydrogens (tertiary/aromatic N) is 2.